The van der Waals surface area contributed by atoms with E-state index in [4.69, 9.17) is 0 Å². The summed E-state index contributed by atoms with van der Waals surface area (Å²) >= 11 is 0. The number of fused-ring (bicyclic) bond motifs is 5. The number of aliphatic hydroxyl groups is 4. The molecule has 5 heteroatoms. The molecule has 3 fully saturated rings. The van der Waals surface area contributed by atoms with Crippen LogP contribution in [0.5, 0.6) is 0 Å². The Morgan fingerprint density at radius 1 is 1.23 bits per heavy atom. The molecule has 0 saturated heterocycles. The van der Waals surface area contributed by atoms with Crippen LogP contribution in [0.25, 0.3) is 0 Å². The minimum Gasteiger partial charge on any atom is -0.394 e. The van der Waals surface area contributed by atoms with E-state index >= 15 is 0 Å². The minimum atomic E-state index is -1.35. The molecule has 0 bridgehead atoms. The largest absolute Gasteiger partial charge is 0.394 e. The van der Waals surface area contributed by atoms with Gasteiger partial charge in [-0.1, -0.05) is 19.4 Å². The monoisotopic (exact) mass is 364 g/mol. The molecule has 3 saturated carbocycles. The zero-order valence-electron chi connectivity index (χ0n) is 15.8. The van der Waals surface area contributed by atoms with Gasteiger partial charge in [0.2, 0.25) is 0 Å². The summed E-state index contributed by atoms with van der Waals surface area (Å²) in [5.74, 6) is 0.798. The number of carbonyl (C=O) groups is 1. The third kappa shape index (κ3) is 2.20. The predicted octanol–water partition coefficient (Wildman–Crippen LogP) is 1.57. The van der Waals surface area contributed by atoms with Crippen molar-refractivity contribution in [1.82, 2.24) is 0 Å². The molecule has 8 atom stereocenters. The topological polar surface area (TPSA) is 98.0 Å². The molecule has 0 radical (unpaired) electrons. The maximum Gasteiger partial charge on any atom is 0.155 e. The molecule has 0 spiro atoms. The molecule has 0 aromatic carbocycles. The summed E-state index contributed by atoms with van der Waals surface area (Å²) in [4.78, 5) is 11.9. The van der Waals surface area contributed by atoms with Crippen molar-refractivity contribution in [2.24, 2.45) is 28.6 Å². The van der Waals surface area contributed by atoms with Gasteiger partial charge in [-0.15, -0.1) is 0 Å². The van der Waals surface area contributed by atoms with Crippen molar-refractivity contribution in [2.45, 2.75) is 76.6 Å². The first-order valence-corrected chi connectivity index (χ1v) is 10.1. The van der Waals surface area contributed by atoms with E-state index in [-0.39, 0.29) is 29.0 Å². The minimum absolute atomic E-state index is 0.0993. The number of hydrogen-bond donors (Lipinski definition) is 4. The molecule has 0 unspecified atom stereocenters. The van der Waals surface area contributed by atoms with Gasteiger partial charge >= 0.3 is 0 Å². The lowest BCUT2D eigenvalue weighted by atomic mass is 9.45. The van der Waals surface area contributed by atoms with Crippen LogP contribution in [0, 0.1) is 28.6 Å². The van der Waals surface area contributed by atoms with Crippen LogP contribution >= 0.6 is 0 Å². The van der Waals surface area contributed by atoms with Crippen molar-refractivity contribution < 1.29 is 25.2 Å². The Morgan fingerprint density at radius 2 is 1.96 bits per heavy atom. The third-order valence-corrected chi connectivity index (χ3v) is 8.84. The maximum atomic E-state index is 11.9. The summed E-state index contributed by atoms with van der Waals surface area (Å²) in [6, 6.07) is 0. The van der Waals surface area contributed by atoms with Gasteiger partial charge in [0.05, 0.1) is 18.3 Å². The van der Waals surface area contributed by atoms with E-state index in [1.165, 1.54) is 5.57 Å². The Morgan fingerprint density at radius 3 is 2.65 bits per heavy atom. The molecule has 5 nitrogen and oxygen atoms in total. The van der Waals surface area contributed by atoms with Crippen LogP contribution in [0.4, 0.5) is 0 Å². The van der Waals surface area contributed by atoms with Crippen molar-refractivity contribution in [3.63, 3.8) is 0 Å². The molecule has 4 N–H and O–H groups in total. The van der Waals surface area contributed by atoms with Crippen LogP contribution in [-0.4, -0.2) is 50.6 Å². The van der Waals surface area contributed by atoms with Gasteiger partial charge < -0.3 is 20.4 Å². The molecular formula is C21H32O5. The van der Waals surface area contributed by atoms with E-state index in [0.29, 0.717) is 19.3 Å². The molecule has 146 valence electrons. The van der Waals surface area contributed by atoms with E-state index in [1.54, 1.807) is 0 Å². The molecule has 4 rings (SSSR count). The highest BCUT2D eigenvalue weighted by Gasteiger charge is 2.67. The van der Waals surface area contributed by atoms with Crippen molar-refractivity contribution in [3.05, 3.63) is 11.6 Å². The van der Waals surface area contributed by atoms with Gasteiger partial charge in [-0.3, -0.25) is 4.79 Å². The fourth-order valence-electron chi connectivity index (χ4n) is 7.42. The molecule has 0 amide bonds. The lowest BCUT2D eigenvalue weighted by molar-refractivity contribution is -0.207. The summed E-state index contributed by atoms with van der Waals surface area (Å²) in [5.41, 5.74) is -0.898. The van der Waals surface area contributed by atoms with Crippen LogP contribution < -0.4 is 0 Å². The molecule has 26 heavy (non-hydrogen) atoms. The standard InChI is InChI=1S/C21H32O5/c1-19-7-5-13(23)9-12(19)3-4-14-15-6-8-21(26,17(25)11-22)20(15,2)10-16(24)18(14)19/h9,14-18,22,24-26H,3-8,10-11H2,1-2H3/t14-,15-,16+,17+,18+,19-,20+,21-/m0/s1. The first kappa shape index (κ1) is 18.6. The Labute approximate surface area is 155 Å². The Balaban J connectivity index is 1.72. The second-order valence-corrected chi connectivity index (χ2v) is 9.74. The van der Waals surface area contributed by atoms with Gasteiger partial charge in [0.25, 0.3) is 0 Å². The number of rotatable bonds is 2. The zero-order chi connectivity index (χ0) is 18.9. The van der Waals surface area contributed by atoms with Crippen LogP contribution in [0.15, 0.2) is 11.6 Å². The summed E-state index contributed by atoms with van der Waals surface area (Å²) in [6.07, 6.45) is 4.92. The van der Waals surface area contributed by atoms with Crippen LogP contribution in [0.1, 0.15) is 58.8 Å². The normalized spacial score (nSPS) is 51.9. The third-order valence-electron chi connectivity index (χ3n) is 8.84. The molecule has 4 aliphatic rings. The maximum absolute atomic E-state index is 11.9. The summed E-state index contributed by atoms with van der Waals surface area (Å²) < 4.78 is 0. The number of aliphatic hydroxyl groups excluding tert-OH is 3. The predicted molar refractivity (Wildman–Crippen MR) is 96.1 cm³/mol. The van der Waals surface area contributed by atoms with Gasteiger partial charge in [0.1, 0.15) is 6.10 Å². The van der Waals surface area contributed by atoms with Crippen molar-refractivity contribution in [3.8, 4) is 0 Å². The number of carbonyl (C=O) groups excluding carboxylic acids is 1. The number of ketones is 1. The lowest BCUT2D eigenvalue weighted by Crippen LogP contribution is -2.63. The van der Waals surface area contributed by atoms with Crippen molar-refractivity contribution in [1.29, 1.82) is 0 Å². The smallest absolute Gasteiger partial charge is 0.155 e. The summed E-state index contributed by atoms with van der Waals surface area (Å²) in [6.45, 7) is 3.73. The zero-order valence-corrected chi connectivity index (χ0v) is 15.8. The van der Waals surface area contributed by atoms with Gasteiger partial charge in [0, 0.05) is 11.8 Å². The lowest BCUT2D eigenvalue weighted by Gasteiger charge is -2.61. The molecular weight excluding hydrogens is 332 g/mol. The second kappa shape index (κ2) is 5.87. The Kier molecular flexibility index (Phi) is 4.20. The van der Waals surface area contributed by atoms with E-state index in [2.05, 4.69) is 6.92 Å². The summed E-state index contributed by atoms with van der Waals surface area (Å²) in [5, 5.41) is 42.3. The average molecular weight is 364 g/mol. The highest BCUT2D eigenvalue weighted by Crippen LogP contribution is 2.67. The van der Waals surface area contributed by atoms with Gasteiger partial charge in [-0.05, 0) is 67.8 Å². The van der Waals surface area contributed by atoms with E-state index in [0.717, 1.165) is 25.7 Å². The van der Waals surface area contributed by atoms with E-state index in [9.17, 15) is 25.2 Å². The molecule has 0 heterocycles. The molecule has 0 aromatic rings. The van der Waals surface area contributed by atoms with Crippen LogP contribution in [-0.2, 0) is 4.79 Å². The quantitative estimate of drug-likeness (QED) is 0.596. The highest BCUT2D eigenvalue weighted by molar-refractivity contribution is 5.91. The van der Waals surface area contributed by atoms with E-state index in [1.807, 2.05) is 13.0 Å². The molecule has 4 aliphatic carbocycles. The number of hydrogen-bond acceptors (Lipinski definition) is 5. The first-order chi connectivity index (χ1) is 12.2. The fourth-order valence-corrected chi connectivity index (χ4v) is 7.42. The fraction of sp³-hybridized carbons (Fsp3) is 0.857. The first-order valence-electron chi connectivity index (χ1n) is 10.1. The average Bonchev–Trinajstić information content (AvgIpc) is 2.86. The van der Waals surface area contributed by atoms with Crippen molar-refractivity contribution >= 4 is 5.78 Å². The van der Waals surface area contributed by atoms with E-state index < -0.39 is 29.8 Å². The SMILES string of the molecule is C[C@]12CCC(=O)C=C1CC[C@@H]1[C@@H]2[C@H](O)C[C@]2(C)[C@H]1CC[C@]2(O)[C@H](O)CO. The molecule has 0 aliphatic heterocycles. The van der Waals surface area contributed by atoms with Gasteiger partial charge in [0.15, 0.2) is 5.78 Å². The highest BCUT2D eigenvalue weighted by atomic mass is 16.4. The van der Waals surface area contributed by atoms with Crippen LogP contribution in [0.2, 0.25) is 0 Å². The van der Waals surface area contributed by atoms with Crippen molar-refractivity contribution in [2.75, 3.05) is 6.61 Å². The summed E-state index contributed by atoms with van der Waals surface area (Å²) in [7, 11) is 0. The molecule has 0 aromatic heterocycles. The number of allylic oxidation sites excluding steroid dienone is 1. The van der Waals surface area contributed by atoms with Crippen LogP contribution in [0.3, 0.4) is 0 Å². The van der Waals surface area contributed by atoms with Gasteiger partial charge in [-0.2, -0.15) is 0 Å². The van der Waals surface area contributed by atoms with Gasteiger partial charge in [-0.25, -0.2) is 0 Å². The second-order valence-electron chi connectivity index (χ2n) is 9.74. The Bertz CT molecular complexity index is 644. The Hall–Kier alpha value is -0.750.